The lowest BCUT2D eigenvalue weighted by Crippen LogP contribution is -2.14. The third-order valence-corrected chi connectivity index (χ3v) is 4.76. The second kappa shape index (κ2) is 6.67. The smallest absolute Gasteiger partial charge is 0.421 e. The highest BCUT2D eigenvalue weighted by atomic mass is 79.9. The molecular weight excluding hydrogens is 403 g/mol. The molecule has 4 nitrogen and oxygen atoms in total. The van der Waals surface area contributed by atoms with E-state index in [-0.39, 0.29) is 17.7 Å². The van der Waals surface area contributed by atoms with E-state index in [0.29, 0.717) is 18.9 Å². The zero-order chi connectivity index (χ0) is 18.2. The van der Waals surface area contributed by atoms with Crippen molar-refractivity contribution in [3.63, 3.8) is 0 Å². The third-order valence-electron chi connectivity index (χ3n) is 4.02. The number of hydrogen-bond donors (Lipinski definition) is 0. The van der Waals surface area contributed by atoms with Crippen LogP contribution in [-0.4, -0.2) is 18.4 Å². The summed E-state index contributed by atoms with van der Waals surface area (Å²) in [5, 5.41) is 0. The fraction of sp³-hybridized carbons (Fsp3) is 0.294. The molecule has 132 valence electrons. The van der Waals surface area contributed by atoms with Crippen molar-refractivity contribution in [2.24, 2.45) is 0 Å². The Morgan fingerprint density at radius 3 is 2.72 bits per heavy atom. The summed E-state index contributed by atoms with van der Waals surface area (Å²) < 4.78 is 51.5. The number of alkyl halides is 3. The summed E-state index contributed by atoms with van der Waals surface area (Å²) in [6, 6.07) is 6.20. The number of carbonyl (C=O) groups excluding carboxylic acids is 1. The van der Waals surface area contributed by atoms with Gasteiger partial charge in [0.25, 0.3) is 0 Å². The number of aldehydes is 1. The first kappa shape index (κ1) is 17.7. The van der Waals surface area contributed by atoms with Crippen molar-refractivity contribution in [3.8, 4) is 11.8 Å². The van der Waals surface area contributed by atoms with Crippen molar-refractivity contribution in [1.29, 1.82) is 0 Å². The molecule has 0 amide bonds. The van der Waals surface area contributed by atoms with Crippen LogP contribution in [0, 0.1) is 0 Å². The molecule has 1 aromatic heterocycles. The molecule has 1 heterocycles. The maximum absolute atomic E-state index is 13.4. The average molecular weight is 416 g/mol. The quantitative estimate of drug-likeness (QED) is 0.676. The SMILES string of the molecule is COc1nc(O[C@H]2CCc3c(Br)cccc32)c(C(F)(F)F)cc1C=O. The number of benzene rings is 1. The van der Waals surface area contributed by atoms with Gasteiger partial charge in [0.05, 0.1) is 12.7 Å². The first-order valence-electron chi connectivity index (χ1n) is 7.40. The standard InChI is InChI=1S/C17H13BrF3NO3/c1-24-15-9(8-23)7-12(17(19,20)21)16(22-15)25-14-6-5-10-11(14)3-2-4-13(10)18/h2-4,7-8,14H,5-6H2,1H3/t14-/m0/s1. The van der Waals surface area contributed by atoms with Gasteiger partial charge in [0.1, 0.15) is 11.7 Å². The summed E-state index contributed by atoms with van der Waals surface area (Å²) in [4.78, 5) is 14.8. The number of pyridine rings is 1. The van der Waals surface area contributed by atoms with Crippen LogP contribution in [0.3, 0.4) is 0 Å². The van der Waals surface area contributed by atoms with Crippen LogP contribution in [0.2, 0.25) is 0 Å². The van der Waals surface area contributed by atoms with Crippen LogP contribution in [0.25, 0.3) is 0 Å². The monoisotopic (exact) mass is 415 g/mol. The van der Waals surface area contributed by atoms with Gasteiger partial charge in [-0.2, -0.15) is 18.2 Å². The van der Waals surface area contributed by atoms with Gasteiger partial charge in [-0.1, -0.05) is 28.1 Å². The Kier molecular flexibility index (Phi) is 4.73. The Hall–Kier alpha value is -2.09. The van der Waals surface area contributed by atoms with Crippen LogP contribution < -0.4 is 9.47 Å². The number of carbonyl (C=O) groups is 1. The average Bonchev–Trinajstić information content (AvgIpc) is 2.98. The number of aromatic nitrogens is 1. The van der Waals surface area contributed by atoms with Gasteiger partial charge in [0.2, 0.25) is 11.8 Å². The summed E-state index contributed by atoms with van der Waals surface area (Å²) in [6.07, 6.45) is -3.76. The zero-order valence-corrected chi connectivity index (χ0v) is 14.6. The van der Waals surface area contributed by atoms with Crippen LogP contribution in [0.15, 0.2) is 28.7 Å². The molecule has 0 spiro atoms. The fourth-order valence-electron chi connectivity index (χ4n) is 2.87. The van der Waals surface area contributed by atoms with Crippen LogP contribution in [0.1, 0.15) is 39.6 Å². The molecule has 1 atom stereocenters. The lowest BCUT2D eigenvalue weighted by Gasteiger charge is -2.19. The van der Waals surface area contributed by atoms with Crippen molar-refractivity contribution in [2.45, 2.75) is 25.1 Å². The largest absolute Gasteiger partial charge is 0.480 e. The van der Waals surface area contributed by atoms with Crippen molar-refractivity contribution < 1.29 is 27.4 Å². The highest BCUT2D eigenvalue weighted by Gasteiger charge is 2.38. The van der Waals surface area contributed by atoms with E-state index >= 15 is 0 Å². The van der Waals surface area contributed by atoms with Gasteiger partial charge < -0.3 is 9.47 Å². The lowest BCUT2D eigenvalue weighted by molar-refractivity contribution is -0.139. The molecular formula is C17H13BrF3NO3. The Bertz CT molecular complexity index is 824. The van der Waals surface area contributed by atoms with E-state index in [0.717, 1.165) is 15.6 Å². The predicted octanol–water partition coefficient (Wildman–Crippen LogP) is 4.75. The van der Waals surface area contributed by atoms with E-state index in [1.807, 2.05) is 12.1 Å². The number of halogens is 4. The van der Waals surface area contributed by atoms with Crippen molar-refractivity contribution in [1.82, 2.24) is 4.98 Å². The molecule has 0 N–H and O–H groups in total. The number of fused-ring (bicyclic) bond motifs is 1. The van der Waals surface area contributed by atoms with Crippen LogP contribution >= 0.6 is 15.9 Å². The first-order valence-corrected chi connectivity index (χ1v) is 8.19. The molecule has 0 radical (unpaired) electrons. The summed E-state index contributed by atoms with van der Waals surface area (Å²) >= 11 is 3.44. The molecule has 1 aromatic carbocycles. The van der Waals surface area contributed by atoms with Gasteiger partial charge in [0, 0.05) is 4.47 Å². The van der Waals surface area contributed by atoms with Gasteiger partial charge in [-0.15, -0.1) is 0 Å². The minimum atomic E-state index is -4.70. The van der Waals surface area contributed by atoms with Gasteiger partial charge in [-0.3, -0.25) is 4.79 Å². The molecule has 0 bridgehead atoms. The molecule has 0 saturated carbocycles. The van der Waals surface area contributed by atoms with Crippen LogP contribution in [0.4, 0.5) is 13.2 Å². The maximum atomic E-state index is 13.4. The normalized spacial score (nSPS) is 16.4. The van der Waals surface area contributed by atoms with E-state index in [2.05, 4.69) is 20.9 Å². The molecule has 0 saturated heterocycles. The lowest BCUT2D eigenvalue weighted by atomic mass is 10.1. The maximum Gasteiger partial charge on any atom is 0.421 e. The van der Waals surface area contributed by atoms with Crippen molar-refractivity contribution in [2.75, 3.05) is 7.11 Å². The molecule has 1 aliphatic rings. The van der Waals surface area contributed by atoms with E-state index in [4.69, 9.17) is 9.47 Å². The Morgan fingerprint density at radius 1 is 1.32 bits per heavy atom. The minimum absolute atomic E-state index is 0.203. The molecule has 3 rings (SSSR count). The molecule has 0 unspecified atom stereocenters. The molecule has 8 heteroatoms. The number of hydrogen-bond acceptors (Lipinski definition) is 4. The predicted molar refractivity (Wildman–Crippen MR) is 87.0 cm³/mol. The topological polar surface area (TPSA) is 48.4 Å². The highest BCUT2D eigenvalue weighted by Crippen LogP contribution is 2.42. The van der Waals surface area contributed by atoms with Gasteiger partial charge in [-0.25, -0.2) is 0 Å². The Labute approximate surface area is 150 Å². The van der Waals surface area contributed by atoms with Gasteiger partial charge >= 0.3 is 6.18 Å². The highest BCUT2D eigenvalue weighted by molar-refractivity contribution is 9.10. The molecule has 1 aliphatic carbocycles. The third kappa shape index (κ3) is 3.35. The van der Waals surface area contributed by atoms with Gasteiger partial charge in [0.15, 0.2) is 6.29 Å². The van der Waals surface area contributed by atoms with Gasteiger partial charge in [-0.05, 0) is 36.1 Å². The number of rotatable bonds is 4. The molecule has 0 aliphatic heterocycles. The summed E-state index contributed by atoms with van der Waals surface area (Å²) in [5.41, 5.74) is 0.454. The Balaban J connectivity index is 2.03. The first-order chi connectivity index (χ1) is 11.8. The summed E-state index contributed by atoms with van der Waals surface area (Å²) in [5.74, 6) is -0.793. The van der Waals surface area contributed by atoms with Crippen molar-refractivity contribution >= 4 is 22.2 Å². The molecule has 25 heavy (non-hydrogen) atoms. The van der Waals surface area contributed by atoms with E-state index in [1.54, 1.807) is 6.07 Å². The van der Waals surface area contributed by atoms with E-state index in [1.165, 1.54) is 7.11 Å². The summed E-state index contributed by atoms with van der Waals surface area (Å²) in [6.45, 7) is 0. The number of nitrogens with zero attached hydrogens (tertiary/aromatic N) is 1. The van der Waals surface area contributed by atoms with E-state index < -0.39 is 23.7 Å². The minimum Gasteiger partial charge on any atom is -0.480 e. The van der Waals surface area contributed by atoms with Crippen molar-refractivity contribution in [3.05, 3.63) is 51.0 Å². The summed E-state index contributed by atoms with van der Waals surface area (Å²) in [7, 11) is 1.23. The Morgan fingerprint density at radius 2 is 2.08 bits per heavy atom. The fourth-order valence-corrected chi connectivity index (χ4v) is 3.45. The van der Waals surface area contributed by atoms with Crippen LogP contribution in [0.5, 0.6) is 11.8 Å². The molecule has 0 fully saturated rings. The second-order valence-corrected chi connectivity index (χ2v) is 6.36. The molecule has 2 aromatic rings. The van der Waals surface area contributed by atoms with E-state index in [9.17, 15) is 18.0 Å². The van der Waals surface area contributed by atoms with Crippen LogP contribution in [-0.2, 0) is 12.6 Å². The zero-order valence-electron chi connectivity index (χ0n) is 13.1. The number of methoxy groups -OCH3 is 1. The number of ether oxygens (including phenoxy) is 2. The second-order valence-electron chi connectivity index (χ2n) is 5.51.